The van der Waals surface area contributed by atoms with Crippen LogP contribution in [0.4, 0.5) is 0 Å². The van der Waals surface area contributed by atoms with E-state index < -0.39 is 11.8 Å². The Hall–Kier alpha value is -2.05. The summed E-state index contributed by atoms with van der Waals surface area (Å²) in [6, 6.07) is 0. The maximum Gasteiger partial charge on any atom is 0.353 e. The minimum atomic E-state index is -1.25. The largest absolute Gasteiger partial charge is 0.510 e. The Bertz CT molecular complexity index is 481. The van der Waals surface area contributed by atoms with Crippen LogP contribution in [0.1, 0.15) is 25.7 Å². The average molecular weight is 251 g/mol. The SMILES string of the molecule is NC(=O)C(=O)N=NC1=C(O)C2CCCCC2C1=O. The van der Waals surface area contributed by atoms with Crippen LogP contribution in [0.25, 0.3) is 0 Å². The maximum atomic E-state index is 11.9. The highest BCUT2D eigenvalue weighted by molar-refractivity contribution is 6.34. The van der Waals surface area contributed by atoms with Crippen molar-refractivity contribution in [1.29, 1.82) is 0 Å². The number of ketones is 1. The van der Waals surface area contributed by atoms with Crippen molar-refractivity contribution in [1.82, 2.24) is 0 Å². The van der Waals surface area contributed by atoms with E-state index in [1.54, 1.807) is 0 Å². The third-order valence-corrected chi connectivity index (χ3v) is 3.38. The van der Waals surface area contributed by atoms with E-state index in [4.69, 9.17) is 5.73 Å². The van der Waals surface area contributed by atoms with Gasteiger partial charge in [0.25, 0.3) is 0 Å². The molecule has 2 aliphatic carbocycles. The molecule has 0 aliphatic heterocycles. The second kappa shape index (κ2) is 4.67. The Labute approximate surface area is 103 Å². The van der Waals surface area contributed by atoms with Gasteiger partial charge >= 0.3 is 11.8 Å². The average Bonchev–Trinajstić information content (AvgIpc) is 2.60. The molecule has 0 aromatic rings. The summed E-state index contributed by atoms with van der Waals surface area (Å²) in [6.45, 7) is 0. The van der Waals surface area contributed by atoms with Gasteiger partial charge in [-0.25, -0.2) is 0 Å². The van der Waals surface area contributed by atoms with Crippen LogP contribution in [0.15, 0.2) is 21.7 Å². The van der Waals surface area contributed by atoms with Gasteiger partial charge in [0.05, 0.1) is 0 Å². The van der Waals surface area contributed by atoms with Gasteiger partial charge in [0, 0.05) is 11.8 Å². The molecule has 0 aromatic heterocycles. The Kier molecular flexibility index (Phi) is 3.22. The van der Waals surface area contributed by atoms with Crippen molar-refractivity contribution >= 4 is 17.6 Å². The number of carbonyl (C=O) groups excluding carboxylic acids is 3. The zero-order chi connectivity index (χ0) is 13.3. The fourth-order valence-corrected chi connectivity index (χ4v) is 2.49. The minimum Gasteiger partial charge on any atom is -0.510 e. The van der Waals surface area contributed by atoms with E-state index in [0.29, 0.717) is 6.42 Å². The second-order valence-corrected chi connectivity index (χ2v) is 4.46. The number of rotatable bonds is 1. The van der Waals surface area contributed by atoms with Gasteiger partial charge in [-0.1, -0.05) is 12.8 Å². The molecule has 0 saturated heterocycles. The van der Waals surface area contributed by atoms with Crippen LogP contribution in [-0.4, -0.2) is 22.7 Å². The van der Waals surface area contributed by atoms with Crippen molar-refractivity contribution in [3.8, 4) is 0 Å². The number of nitrogens with zero attached hydrogens (tertiary/aromatic N) is 2. The molecule has 96 valence electrons. The molecule has 3 N–H and O–H groups in total. The van der Waals surface area contributed by atoms with Gasteiger partial charge in [0.2, 0.25) is 0 Å². The first-order valence-corrected chi connectivity index (χ1v) is 5.75. The fourth-order valence-electron chi connectivity index (χ4n) is 2.49. The first-order chi connectivity index (χ1) is 8.52. The number of allylic oxidation sites excluding steroid dienone is 2. The molecule has 2 amide bonds. The molecule has 0 spiro atoms. The minimum absolute atomic E-state index is 0.120. The van der Waals surface area contributed by atoms with Gasteiger partial charge < -0.3 is 10.8 Å². The van der Waals surface area contributed by atoms with E-state index in [-0.39, 0.29) is 29.1 Å². The van der Waals surface area contributed by atoms with E-state index in [1.807, 2.05) is 0 Å². The number of aliphatic hydroxyl groups excluding tert-OH is 1. The van der Waals surface area contributed by atoms with Crippen LogP contribution in [0, 0.1) is 11.8 Å². The maximum absolute atomic E-state index is 11.9. The zero-order valence-electron chi connectivity index (χ0n) is 9.63. The van der Waals surface area contributed by atoms with Crippen LogP contribution in [-0.2, 0) is 14.4 Å². The van der Waals surface area contributed by atoms with Crippen molar-refractivity contribution < 1.29 is 19.5 Å². The Morgan fingerprint density at radius 2 is 1.83 bits per heavy atom. The zero-order valence-corrected chi connectivity index (χ0v) is 9.63. The third-order valence-electron chi connectivity index (χ3n) is 3.38. The summed E-state index contributed by atoms with van der Waals surface area (Å²) in [5.41, 5.74) is 4.49. The Morgan fingerprint density at radius 3 is 2.39 bits per heavy atom. The molecule has 1 fully saturated rings. The summed E-state index contributed by atoms with van der Waals surface area (Å²) >= 11 is 0. The van der Waals surface area contributed by atoms with Crippen molar-refractivity contribution in [3.63, 3.8) is 0 Å². The van der Waals surface area contributed by atoms with Gasteiger partial charge in [-0.2, -0.15) is 0 Å². The van der Waals surface area contributed by atoms with Crippen LogP contribution in [0.3, 0.4) is 0 Å². The molecule has 2 unspecified atom stereocenters. The lowest BCUT2D eigenvalue weighted by atomic mass is 9.80. The number of nitrogens with two attached hydrogens (primary N) is 1. The van der Waals surface area contributed by atoms with E-state index >= 15 is 0 Å². The van der Waals surface area contributed by atoms with Crippen molar-refractivity contribution in [2.75, 3.05) is 0 Å². The topological polar surface area (TPSA) is 122 Å². The number of carbonyl (C=O) groups is 3. The van der Waals surface area contributed by atoms with Crippen LogP contribution >= 0.6 is 0 Å². The molecule has 2 atom stereocenters. The highest BCUT2D eigenvalue weighted by Crippen LogP contribution is 2.42. The normalized spacial score (nSPS) is 27.7. The Balaban J connectivity index is 2.21. The van der Waals surface area contributed by atoms with Crippen molar-refractivity contribution in [2.45, 2.75) is 25.7 Å². The molecule has 0 aromatic carbocycles. The van der Waals surface area contributed by atoms with E-state index in [9.17, 15) is 19.5 Å². The molecule has 2 aliphatic rings. The number of hydrogen-bond acceptors (Lipinski definition) is 5. The molecule has 1 saturated carbocycles. The number of amides is 2. The van der Waals surface area contributed by atoms with Gasteiger partial charge in [-0.15, -0.1) is 10.2 Å². The highest BCUT2D eigenvalue weighted by atomic mass is 16.3. The monoisotopic (exact) mass is 251 g/mol. The summed E-state index contributed by atoms with van der Waals surface area (Å²) < 4.78 is 0. The van der Waals surface area contributed by atoms with Crippen LogP contribution < -0.4 is 5.73 Å². The summed E-state index contributed by atoms with van der Waals surface area (Å²) in [6.07, 6.45) is 3.31. The lowest BCUT2D eigenvalue weighted by Gasteiger charge is -2.23. The van der Waals surface area contributed by atoms with E-state index in [1.165, 1.54) is 0 Å². The lowest BCUT2D eigenvalue weighted by Crippen LogP contribution is -2.22. The highest BCUT2D eigenvalue weighted by Gasteiger charge is 2.43. The van der Waals surface area contributed by atoms with E-state index in [2.05, 4.69) is 10.2 Å². The van der Waals surface area contributed by atoms with Crippen LogP contribution in [0.5, 0.6) is 0 Å². The van der Waals surface area contributed by atoms with Gasteiger partial charge in [-0.05, 0) is 12.8 Å². The molecule has 18 heavy (non-hydrogen) atoms. The number of Topliss-reactive ketones (excluding diaryl/α,β-unsaturated/α-hetero) is 1. The quantitative estimate of drug-likeness (QED) is 0.523. The van der Waals surface area contributed by atoms with E-state index in [0.717, 1.165) is 19.3 Å². The summed E-state index contributed by atoms with van der Waals surface area (Å²) in [5, 5.41) is 16.3. The number of primary amides is 1. The molecule has 0 radical (unpaired) electrons. The van der Waals surface area contributed by atoms with Crippen LogP contribution in [0.2, 0.25) is 0 Å². The smallest absolute Gasteiger partial charge is 0.353 e. The first kappa shape index (κ1) is 12.4. The summed E-state index contributed by atoms with van der Waals surface area (Å²) in [5.74, 6) is -3.40. The van der Waals surface area contributed by atoms with Crippen molar-refractivity contribution in [3.05, 3.63) is 11.5 Å². The molecular weight excluding hydrogens is 238 g/mol. The number of aliphatic hydroxyl groups is 1. The molecule has 0 bridgehead atoms. The molecule has 7 heteroatoms. The number of hydrogen-bond donors (Lipinski definition) is 2. The summed E-state index contributed by atoms with van der Waals surface area (Å²) in [7, 11) is 0. The summed E-state index contributed by atoms with van der Waals surface area (Å²) in [4.78, 5) is 33.3. The van der Waals surface area contributed by atoms with Gasteiger partial charge in [0.15, 0.2) is 11.5 Å². The fraction of sp³-hybridized carbons (Fsp3) is 0.545. The predicted molar refractivity (Wildman–Crippen MR) is 59.2 cm³/mol. The molecule has 0 heterocycles. The third kappa shape index (κ3) is 2.03. The molecule has 7 nitrogen and oxygen atoms in total. The predicted octanol–water partition coefficient (Wildman–Crippen LogP) is 0.609. The Morgan fingerprint density at radius 1 is 1.22 bits per heavy atom. The number of fused-ring (bicyclic) bond motifs is 1. The molecule has 2 rings (SSSR count). The van der Waals surface area contributed by atoms with Crippen molar-refractivity contribution in [2.24, 2.45) is 27.8 Å². The van der Waals surface area contributed by atoms with Gasteiger partial charge in [-0.3, -0.25) is 14.4 Å². The lowest BCUT2D eigenvalue weighted by molar-refractivity contribution is -0.135. The van der Waals surface area contributed by atoms with Gasteiger partial charge in [0.1, 0.15) is 5.76 Å². The second-order valence-electron chi connectivity index (χ2n) is 4.46. The first-order valence-electron chi connectivity index (χ1n) is 5.75. The number of azo groups is 1. The molecular formula is C11H13N3O4. The standard InChI is InChI=1S/C11H13N3O4/c12-10(17)11(18)14-13-7-8(15)5-3-1-2-4-6(5)9(7)16/h5-6,15H,1-4H2,(H2,12,17).